The van der Waals surface area contributed by atoms with E-state index < -0.39 is 0 Å². The molecule has 0 saturated heterocycles. The van der Waals surface area contributed by atoms with E-state index in [0.717, 1.165) is 51.2 Å². The molecule has 0 aromatic carbocycles. The molecular weight excluding hydrogens is 296 g/mol. The van der Waals surface area contributed by atoms with Crippen LogP contribution >= 0.6 is 0 Å². The summed E-state index contributed by atoms with van der Waals surface area (Å²) in [5.74, 6) is 0.841. The Morgan fingerprint density at radius 2 is 1.25 bits per heavy atom. The van der Waals surface area contributed by atoms with Crippen molar-refractivity contribution in [2.75, 3.05) is 45.8 Å². The molecule has 0 amide bonds. The van der Waals surface area contributed by atoms with Gasteiger partial charge in [-0.3, -0.25) is 0 Å². The molecule has 0 bridgehead atoms. The number of hydrogen-bond acceptors (Lipinski definition) is 4. The van der Waals surface area contributed by atoms with Gasteiger partial charge in [0.15, 0.2) is 0 Å². The fourth-order valence-electron chi connectivity index (χ4n) is 3.03. The van der Waals surface area contributed by atoms with Crippen LogP contribution in [0.25, 0.3) is 0 Å². The fraction of sp³-hybridized carbons (Fsp3) is 1.00. The van der Waals surface area contributed by atoms with E-state index in [-0.39, 0.29) is 0 Å². The molecule has 2 atom stereocenters. The summed E-state index contributed by atoms with van der Waals surface area (Å²) in [6, 6.07) is 0.748. The average Bonchev–Trinajstić information content (AvgIpc) is 3.08. The van der Waals surface area contributed by atoms with Crippen molar-refractivity contribution in [3.8, 4) is 0 Å². The van der Waals surface area contributed by atoms with Crippen molar-refractivity contribution < 1.29 is 0 Å². The third-order valence-corrected chi connectivity index (χ3v) is 4.21. The first-order valence-corrected chi connectivity index (χ1v) is 10.7. The molecule has 0 aromatic rings. The predicted molar refractivity (Wildman–Crippen MR) is 111 cm³/mol. The molecule has 1 aliphatic rings. The normalized spacial score (nSPS) is 19.2. The zero-order valence-corrected chi connectivity index (χ0v) is 17.6. The second-order valence-corrected chi connectivity index (χ2v) is 5.87. The van der Waals surface area contributed by atoms with Crippen LogP contribution in [-0.4, -0.2) is 51.9 Å². The zero-order valence-electron chi connectivity index (χ0n) is 17.6. The molecule has 1 rings (SSSR count). The average molecular weight is 345 g/mol. The van der Waals surface area contributed by atoms with Gasteiger partial charge < -0.3 is 21.3 Å². The van der Waals surface area contributed by atoms with Crippen molar-refractivity contribution in [3.05, 3.63) is 0 Å². The van der Waals surface area contributed by atoms with E-state index in [9.17, 15) is 0 Å². The molecule has 148 valence electrons. The van der Waals surface area contributed by atoms with Gasteiger partial charge in [-0.05, 0) is 77.4 Å². The highest BCUT2D eigenvalue weighted by Gasteiger charge is 2.25. The Balaban J connectivity index is 0. The number of rotatable bonds is 13. The Morgan fingerprint density at radius 1 is 0.708 bits per heavy atom. The molecule has 1 aliphatic carbocycles. The van der Waals surface area contributed by atoms with Crippen LogP contribution in [0.3, 0.4) is 0 Å². The molecule has 0 aromatic heterocycles. The summed E-state index contributed by atoms with van der Waals surface area (Å²) in [7, 11) is 0. The van der Waals surface area contributed by atoms with Gasteiger partial charge in [-0.1, -0.05) is 48.0 Å². The molecule has 0 aliphatic heterocycles. The van der Waals surface area contributed by atoms with E-state index in [0.29, 0.717) is 0 Å². The lowest BCUT2D eigenvalue weighted by Gasteiger charge is -2.21. The maximum atomic E-state index is 3.76. The second kappa shape index (κ2) is 22.8. The summed E-state index contributed by atoms with van der Waals surface area (Å²) in [4.78, 5) is 0. The van der Waals surface area contributed by atoms with Crippen LogP contribution in [0, 0.1) is 5.92 Å². The molecule has 4 heteroatoms. The minimum atomic E-state index is 0.748. The quantitative estimate of drug-likeness (QED) is 0.387. The zero-order chi connectivity index (χ0) is 18.5. The molecule has 0 radical (unpaired) electrons. The SMILES string of the molecule is CC.CC.CCNCCCNCC1CCCC1NCCCNCC. The van der Waals surface area contributed by atoms with Crippen LogP contribution in [0.1, 0.15) is 73.6 Å². The molecule has 4 nitrogen and oxygen atoms in total. The van der Waals surface area contributed by atoms with Crippen LogP contribution < -0.4 is 21.3 Å². The standard InChI is InChI=1S/C16H36N4.2C2H6/c1-3-17-10-6-12-19-14-15-8-5-9-16(15)20-13-7-11-18-4-2;2*1-2/h15-20H,3-14H2,1-2H3;2*1-2H3. The summed E-state index contributed by atoms with van der Waals surface area (Å²) < 4.78 is 0. The van der Waals surface area contributed by atoms with E-state index >= 15 is 0 Å². The molecule has 1 fully saturated rings. The maximum absolute atomic E-state index is 3.76. The van der Waals surface area contributed by atoms with E-state index in [1.165, 1.54) is 38.6 Å². The Kier molecular flexibility index (Phi) is 24.8. The van der Waals surface area contributed by atoms with Crippen LogP contribution in [0.4, 0.5) is 0 Å². The van der Waals surface area contributed by atoms with Gasteiger partial charge >= 0.3 is 0 Å². The molecule has 4 N–H and O–H groups in total. The predicted octanol–water partition coefficient (Wildman–Crippen LogP) is 3.39. The van der Waals surface area contributed by atoms with Gasteiger partial charge in [-0.2, -0.15) is 0 Å². The summed E-state index contributed by atoms with van der Waals surface area (Å²) in [5.41, 5.74) is 0. The molecule has 0 heterocycles. The van der Waals surface area contributed by atoms with E-state index in [4.69, 9.17) is 0 Å². The van der Waals surface area contributed by atoms with Gasteiger partial charge in [0.05, 0.1) is 0 Å². The third-order valence-electron chi connectivity index (χ3n) is 4.21. The number of nitrogens with one attached hydrogen (secondary N) is 4. The summed E-state index contributed by atoms with van der Waals surface area (Å²) in [6.45, 7) is 20.3. The van der Waals surface area contributed by atoms with Crippen molar-refractivity contribution >= 4 is 0 Å². The molecule has 24 heavy (non-hydrogen) atoms. The van der Waals surface area contributed by atoms with Gasteiger partial charge in [0, 0.05) is 6.04 Å². The lowest BCUT2D eigenvalue weighted by atomic mass is 10.0. The highest BCUT2D eigenvalue weighted by molar-refractivity contribution is 4.84. The van der Waals surface area contributed by atoms with Gasteiger partial charge in [0.2, 0.25) is 0 Å². The van der Waals surface area contributed by atoms with Crippen molar-refractivity contribution in [3.63, 3.8) is 0 Å². The first kappa shape index (κ1) is 26.1. The van der Waals surface area contributed by atoms with E-state index in [2.05, 4.69) is 35.1 Å². The smallest absolute Gasteiger partial charge is 0.0107 e. The lowest BCUT2D eigenvalue weighted by Crippen LogP contribution is -2.39. The largest absolute Gasteiger partial charge is 0.317 e. The van der Waals surface area contributed by atoms with E-state index in [1.54, 1.807) is 0 Å². The molecule has 1 saturated carbocycles. The van der Waals surface area contributed by atoms with Crippen molar-refractivity contribution in [2.24, 2.45) is 5.92 Å². The molecule has 0 spiro atoms. The van der Waals surface area contributed by atoms with Crippen LogP contribution in [0.15, 0.2) is 0 Å². The Labute approximate surface area is 153 Å². The molecular formula is C20H48N4. The van der Waals surface area contributed by atoms with E-state index in [1.807, 2.05) is 27.7 Å². The second-order valence-electron chi connectivity index (χ2n) is 5.87. The fourth-order valence-corrected chi connectivity index (χ4v) is 3.03. The van der Waals surface area contributed by atoms with Gasteiger partial charge in [0.1, 0.15) is 0 Å². The minimum Gasteiger partial charge on any atom is -0.317 e. The van der Waals surface area contributed by atoms with Crippen molar-refractivity contribution in [1.82, 2.24) is 21.3 Å². The van der Waals surface area contributed by atoms with Crippen LogP contribution in [0.2, 0.25) is 0 Å². The third kappa shape index (κ3) is 15.4. The highest BCUT2D eigenvalue weighted by atomic mass is 15.0. The van der Waals surface area contributed by atoms with Gasteiger partial charge in [-0.25, -0.2) is 0 Å². The lowest BCUT2D eigenvalue weighted by molar-refractivity contribution is 0.377. The van der Waals surface area contributed by atoms with Gasteiger partial charge in [-0.15, -0.1) is 0 Å². The van der Waals surface area contributed by atoms with Crippen LogP contribution in [-0.2, 0) is 0 Å². The number of hydrogen-bond donors (Lipinski definition) is 4. The first-order valence-electron chi connectivity index (χ1n) is 10.7. The maximum Gasteiger partial charge on any atom is 0.0107 e. The monoisotopic (exact) mass is 344 g/mol. The first-order chi connectivity index (χ1) is 11.9. The summed E-state index contributed by atoms with van der Waals surface area (Å²) in [6.07, 6.45) is 6.64. The summed E-state index contributed by atoms with van der Waals surface area (Å²) in [5, 5.41) is 14.2. The molecule has 2 unspecified atom stereocenters. The minimum absolute atomic E-state index is 0.748. The Morgan fingerprint density at radius 3 is 1.83 bits per heavy atom. The topological polar surface area (TPSA) is 48.1 Å². The van der Waals surface area contributed by atoms with Crippen molar-refractivity contribution in [1.29, 1.82) is 0 Å². The summed E-state index contributed by atoms with van der Waals surface area (Å²) >= 11 is 0. The van der Waals surface area contributed by atoms with Gasteiger partial charge in [0.25, 0.3) is 0 Å². The Bertz CT molecular complexity index is 212. The van der Waals surface area contributed by atoms with Crippen molar-refractivity contribution in [2.45, 2.75) is 79.7 Å². The highest BCUT2D eigenvalue weighted by Crippen LogP contribution is 2.24. The Hall–Kier alpha value is -0.160. The van der Waals surface area contributed by atoms with Crippen LogP contribution in [0.5, 0.6) is 0 Å².